The molecule has 0 aromatic heterocycles. The van der Waals surface area contributed by atoms with Gasteiger partial charge in [-0.05, 0) is 37.8 Å². The van der Waals surface area contributed by atoms with E-state index >= 15 is 0 Å². The number of nitrogens with one attached hydrogen (secondary N) is 3. The van der Waals surface area contributed by atoms with Gasteiger partial charge in [0.05, 0.1) is 85.0 Å². The SMILES string of the molecule is C#CCOCCOCCOCCOCCC(=O)N(CCCCNC(=O)CO[C@@H]([C@@H]1OC(C(=O)OC)=C[C@H](N=C(N)N)[C@H]1C)[C@H]1COC(=O)O1)CCCCNC(=O)CO[C@@H]([C@@H]1OC(C(=O)OC)=C[C@H](N=C(N)N)[C@H]1NC(C)=O)[C@H]1COC(=O)O1. The molecule has 464 valence electrons. The Bertz CT molecular complexity index is 2330. The summed E-state index contributed by atoms with van der Waals surface area (Å²) in [5.41, 5.74) is 22.7. The van der Waals surface area contributed by atoms with Crippen LogP contribution >= 0.6 is 0 Å². The summed E-state index contributed by atoms with van der Waals surface area (Å²) < 4.78 is 76.0. The molecule has 83 heavy (non-hydrogen) atoms. The predicted molar refractivity (Wildman–Crippen MR) is 286 cm³/mol. The van der Waals surface area contributed by atoms with Gasteiger partial charge in [0.15, 0.2) is 30.2 Å². The molecule has 32 nitrogen and oxygen atoms in total. The van der Waals surface area contributed by atoms with Gasteiger partial charge in [-0.15, -0.1) is 6.42 Å². The second-order valence-electron chi connectivity index (χ2n) is 18.7. The number of rotatable bonds is 38. The second-order valence-corrected chi connectivity index (χ2v) is 18.7. The molecule has 2 saturated heterocycles. The van der Waals surface area contributed by atoms with E-state index in [-0.39, 0.29) is 88.5 Å². The topological polar surface area (TPSA) is 434 Å². The summed E-state index contributed by atoms with van der Waals surface area (Å²) in [6.07, 6.45) is 0.571. The molecule has 4 amide bonds. The lowest BCUT2D eigenvalue weighted by molar-refractivity contribution is -0.156. The van der Waals surface area contributed by atoms with Gasteiger partial charge in [-0.25, -0.2) is 29.2 Å². The Balaban J connectivity index is 1.31. The number of hydrogen-bond acceptors (Lipinski definition) is 24. The number of unbranched alkanes of at least 4 members (excludes halogenated alkanes) is 2. The first-order valence-electron chi connectivity index (χ1n) is 26.7. The lowest BCUT2D eigenvalue weighted by Crippen LogP contribution is -2.60. The highest BCUT2D eigenvalue weighted by atomic mass is 16.8. The molecule has 0 saturated carbocycles. The van der Waals surface area contributed by atoms with Crippen molar-refractivity contribution in [3.8, 4) is 12.3 Å². The number of amides is 4. The molecule has 0 aliphatic carbocycles. The number of cyclic esters (lactones) is 4. The fourth-order valence-electron chi connectivity index (χ4n) is 8.66. The standard InChI is InChI=1S/C51H78N10O22/c1-6-16-72-18-20-74-22-23-75-21-19-73-17-11-40(65)61(14-9-7-12-56-38(63)28-76-43(36-26-78-50(68)82-36)42-30(2)32(59-48(52)53)24-34(80-42)46(66)70-4)15-10-8-13-57-39(64)29-77-44(37-27-79-51(69)83-37)45-41(58-31(3)62)33(60-49(54)55)25-35(81-45)47(67)71-5/h1,24-25,30,32-33,36-37,41-45H,7-23,26-29H2,2-5H3,(H,56,63)(H,57,64)(H,58,62)(H4,52,53,59)(H4,54,55,60)/t30-,32+,33+,36-,37-,41-,42-,43-,44-,45-/m1/s1. The fourth-order valence-corrected chi connectivity index (χ4v) is 8.66. The molecule has 2 fully saturated rings. The van der Waals surface area contributed by atoms with Crippen molar-refractivity contribution in [3.05, 3.63) is 23.7 Å². The van der Waals surface area contributed by atoms with Crippen LogP contribution in [0.25, 0.3) is 0 Å². The van der Waals surface area contributed by atoms with Crippen LogP contribution in [0.4, 0.5) is 9.59 Å². The van der Waals surface area contributed by atoms with Crippen molar-refractivity contribution >= 4 is 59.8 Å². The molecule has 4 rings (SSSR count). The van der Waals surface area contributed by atoms with Crippen LogP contribution in [0, 0.1) is 18.3 Å². The van der Waals surface area contributed by atoms with Crippen molar-refractivity contribution in [2.45, 2.75) is 101 Å². The minimum absolute atomic E-state index is 0.0536. The Morgan fingerprint density at radius 2 is 1.13 bits per heavy atom. The van der Waals surface area contributed by atoms with Gasteiger partial charge in [0.25, 0.3) is 0 Å². The lowest BCUT2D eigenvalue weighted by atomic mass is 9.87. The summed E-state index contributed by atoms with van der Waals surface area (Å²) in [7, 11) is 2.27. The van der Waals surface area contributed by atoms with E-state index in [1.165, 1.54) is 19.1 Å². The highest BCUT2D eigenvalue weighted by molar-refractivity contribution is 5.87. The third kappa shape index (κ3) is 24.0. The van der Waals surface area contributed by atoms with E-state index < -0.39 is 116 Å². The number of methoxy groups -OCH3 is 2. The largest absolute Gasteiger partial charge is 0.508 e. The van der Waals surface area contributed by atoms with Crippen molar-refractivity contribution in [3.63, 3.8) is 0 Å². The van der Waals surface area contributed by atoms with Crippen molar-refractivity contribution in [2.75, 3.05) is 120 Å². The number of carbonyl (C=O) groups excluding carboxylic acids is 8. The van der Waals surface area contributed by atoms with Crippen LogP contribution in [-0.4, -0.2) is 239 Å². The van der Waals surface area contributed by atoms with Crippen LogP contribution < -0.4 is 38.9 Å². The molecule has 11 N–H and O–H groups in total. The van der Waals surface area contributed by atoms with Gasteiger partial charge >= 0.3 is 24.2 Å². The van der Waals surface area contributed by atoms with Gasteiger partial charge in [-0.2, -0.15) is 0 Å². The average molecular weight is 1180 g/mol. The molecule has 0 unspecified atom stereocenters. The molecular formula is C51H78N10O22. The summed E-state index contributed by atoms with van der Waals surface area (Å²) >= 11 is 0. The Morgan fingerprint density at radius 1 is 0.675 bits per heavy atom. The van der Waals surface area contributed by atoms with Crippen LogP contribution in [-0.2, 0) is 95.1 Å². The zero-order chi connectivity index (χ0) is 60.7. The molecule has 0 aromatic rings. The average Bonchev–Trinajstić information content (AvgIpc) is 3.81. The van der Waals surface area contributed by atoms with Gasteiger partial charge in [-0.3, -0.25) is 19.2 Å². The van der Waals surface area contributed by atoms with E-state index in [0.29, 0.717) is 65.2 Å². The first-order chi connectivity index (χ1) is 39.8. The van der Waals surface area contributed by atoms with Crippen LogP contribution in [0.3, 0.4) is 0 Å². The normalized spacial score (nSPS) is 22.3. The van der Waals surface area contributed by atoms with Crippen LogP contribution in [0.5, 0.6) is 0 Å². The molecule has 4 aliphatic heterocycles. The van der Waals surface area contributed by atoms with Crippen molar-refractivity contribution < 1.29 is 105 Å². The third-order valence-corrected chi connectivity index (χ3v) is 12.6. The molecule has 0 bridgehead atoms. The molecule has 0 spiro atoms. The number of nitrogens with zero attached hydrogens (tertiary/aromatic N) is 3. The molecular weight excluding hydrogens is 1100 g/mol. The summed E-state index contributed by atoms with van der Waals surface area (Å²) in [6, 6.07) is -2.98. The number of hydrogen-bond donors (Lipinski definition) is 7. The lowest BCUT2D eigenvalue weighted by Gasteiger charge is -2.40. The maximum absolute atomic E-state index is 13.6. The number of guanidine groups is 2. The highest BCUT2D eigenvalue weighted by Gasteiger charge is 2.50. The second kappa shape index (κ2) is 36.7. The first-order valence-corrected chi connectivity index (χ1v) is 26.7. The Labute approximate surface area is 479 Å². The summed E-state index contributed by atoms with van der Waals surface area (Å²) in [5, 5.41) is 8.21. The third-order valence-electron chi connectivity index (χ3n) is 12.6. The van der Waals surface area contributed by atoms with Crippen LogP contribution in [0.15, 0.2) is 33.7 Å². The van der Waals surface area contributed by atoms with Crippen molar-refractivity contribution in [2.24, 2.45) is 38.8 Å². The monoisotopic (exact) mass is 1180 g/mol. The van der Waals surface area contributed by atoms with Gasteiger partial charge in [0, 0.05) is 39.0 Å². The van der Waals surface area contributed by atoms with Gasteiger partial charge in [0.1, 0.15) is 51.3 Å². The molecule has 0 radical (unpaired) electrons. The summed E-state index contributed by atoms with van der Waals surface area (Å²) in [4.78, 5) is 112. The van der Waals surface area contributed by atoms with Crippen LogP contribution in [0.1, 0.15) is 46.0 Å². The van der Waals surface area contributed by atoms with Crippen LogP contribution in [0.2, 0.25) is 0 Å². The van der Waals surface area contributed by atoms with Gasteiger partial charge < -0.3 is 110 Å². The van der Waals surface area contributed by atoms with Crippen molar-refractivity contribution in [1.82, 2.24) is 20.9 Å². The van der Waals surface area contributed by atoms with E-state index in [1.807, 2.05) is 0 Å². The van der Waals surface area contributed by atoms with E-state index in [1.54, 1.807) is 11.8 Å². The zero-order valence-corrected chi connectivity index (χ0v) is 47.0. The Hall–Kier alpha value is -7.70. The van der Waals surface area contributed by atoms with Crippen molar-refractivity contribution in [1.29, 1.82) is 0 Å². The maximum Gasteiger partial charge on any atom is 0.508 e. The molecule has 0 aromatic carbocycles. The quantitative estimate of drug-likeness (QED) is 0.00803. The van der Waals surface area contributed by atoms with Gasteiger partial charge in [0.2, 0.25) is 35.1 Å². The zero-order valence-electron chi connectivity index (χ0n) is 47.0. The number of terminal acetylenes is 1. The highest BCUT2D eigenvalue weighted by Crippen LogP contribution is 2.33. The van der Waals surface area contributed by atoms with E-state index in [0.717, 1.165) is 14.2 Å². The van der Waals surface area contributed by atoms with Gasteiger partial charge in [-0.1, -0.05) is 12.8 Å². The van der Waals surface area contributed by atoms with E-state index in [2.05, 4.69) is 31.9 Å². The molecule has 32 heteroatoms. The minimum Gasteiger partial charge on any atom is -0.480 e. The fraction of sp³-hybridized carbons (Fsp3) is 0.686. The molecule has 10 atom stereocenters. The van der Waals surface area contributed by atoms with E-state index in [9.17, 15) is 38.4 Å². The number of carbonyl (C=O) groups is 8. The smallest absolute Gasteiger partial charge is 0.480 e. The summed E-state index contributed by atoms with van der Waals surface area (Å²) in [5.74, 6) is -3.01. The predicted octanol–water partition coefficient (Wildman–Crippen LogP) is -3.13. The minimum atomic E-state index is -1.34. The maximum atomic E-state index is 13.6. The van der Waals surface area contributed by atoms with E-state index in [4.69, 9.17) is 95.7 Å². The summed E-state index contributed by atoms with van der Waals surface area (Å²) in [6.45, 7) is 4.44. The number of aliphatic imine (C=N–C) groups is 2. The number of ether oxygens (including phenoxy) is 14. The first kappa shape index (κ1) is 67.8. The number of esters is 2. The Kier molecular flexibility index (Phi) is 30.0. The number of nitrogens with two attached hydrogens (primary N) is 4. The molecule has 4 heterocycles. The molecule has 4 aliphatic rings. The Morgan fingerprint density at radius 3 is 1.59 bits per heavy atom.